The van der Waals surface area contributed by atoms with Crippen LogP contribution in [-0.4, -0.2) is 30.2 Å². The predicted octanol–water partition coefficient (Wildman–Crippen LogP) is 4.63. The highest BCUT2D eigenvalue weighted by Gasteiger charge is 2.16. The third kappa shape index (κ3) is 4.12. The van der Waals surface area contributed by atoms with Gasteiger partial charge < -0.3 is 4.98 Å². The van der Waals surface area contributed by atoms with Crippen LogP contribution in [-0.2, 0) is 12.3 Å². The van der Waals surface area contributed by atoms with Crippen LogP contribution in [0.4, 0.5) is 0 Å². The van der Waals surface area contributed by atoms with Crippen LogP contribution < -0.4 is 5.56 Å². The second-order valence-electron chi connectivity index (χ2n) is 6.72. The number of aromatic amines is 1. The fourth-order valence-corrected chi connectivity index (χ4v) is 5.17. The fourth-order valence-electron chi connectivity index (χ4n) is 3.23. The average molecular weight is 467 g/mol. The minimum Gasteiger partial charge on any atom is -0.309 e. The number of fused-ring (bicyclic) bond motifs is 1. The molecule has 0 atom stereocenters. The molecule has 0 fully saturated rings. The number of rotatable bonds is 6. The minimum atomic E-state index is -0.180. The Kier molecular flexibility index (Phi) is 5.54. The van der Waals surface area contributed by atoms with Gasteiger partial charge in [0.05, 0.1) is 17.7 Å². The Morgan fingerprint density at radius 1 is 1.06 bits per heavy atom. The van der Waals surface area contributed by atoms with Gasteiger partial charge in [0.25, 0.3) is 5.56 Å². The van der Waals surface area contributed by atoms with Crippen LogP contribution in [0.2, 0.25) is 5.02 Å². The van der Waals surface area contributed by atoms with Crippen LogP contribution in [0.5, 0.6) is 0 Å². The van der Waals surface area contributed by atoms with Crippen molar-refractivity contribution in [3.05, 3.63) is 86.7 Å². The number of hydrogen-bond acceptors (Lipinski definition) is 7. The standard InChI is InChI=1S/C21H15ClN6OS2/c22-16-9-5-4-8-14(16)15-11-30-20-18(15)19(29)23-17(24-20)12-31-21-25-26-27-28(21)10-13-6-2-1-3-7-13/h1-9,11H,10,12H2,(H,23,24,29). The van der Waals surface area contributed by atoms with E-state index < -0.39 is 0 Å². The zero-order valence-corrected chi connectivity index (χ0v) is 18.4. The first kappa shape index (κ1) is 19.9. The third-order valence-electron chi connectivity index (χ3n) is 4.67. The number of nitrogens with zero attached hydrogens (tertiary/aromatic N) is 5. The van der Waals surface area contributed by atoms with Gasteiger partial charge in [0.2, 0.25) is 5.16 Å². The Morgan fingerprint density at radius 3 is 2.71 bits per heavy atom. The van der Waals surface area contributed by atoms with E-state index in [9.17, 15) is 4.79 Å². The first-order chi connectivity index (χ1) is 15.2. The summed E-state index contributed by atoms with van der Waals surface area (Å²) in [4.78, 5) is 21.1. The molecule has 0 amide bonds. The van der Waals surface area contributed by atoms with Crippen molar-refractivity contribution in [1.29, 1.82) is 0 Å². The van der Waals surface area contributed by atoms with E-state index in [0.717, 1.165) is 16.7 Å². The van der Waals surface area contributed by atoms with Gasteiger partial charge in [0.15, 0.2) is 0 Å². The van der Waals surface area contributed by atoms with Crippen LogP contribution in [0.15, 0.2) is 69.9 Å². The van der Waals surface area contributed by atoms with Gasteiger partial charge in [0.1, 0.15) is 10.7 Å². The molecule has 0 aliphatic rings. The van der Waals surface area contributed by atoms with Crippen molar-refractivity contribution < 1.29 is 0 Å². The molecule has 0 saturated carbocycles. The lowest BCUT2D eigenvalue weighted by molar-refractivity contribution is 0.602. The minimum absolute atomic E-state index is 0.180. The summed E-state index contributed by atoms with van der Waals surface area (Å²) in [5.74, 6) is 1.02. The van der Waals surface area contributed by atoms with Crippen molar-refractivity contribution in [2.45, 2.75) is 17.5 Å². The van der Waals surface area contributed by atoms with E-state index in [2.05, 4.69) is 25.5 Å². The SMILES string of the molecule is O=c1[nH]c(CSc2nnnn2Cc2ccccc2)nc2scc(-c3ccccc3Cl)c12. The molecule has 5 aromatic rings. The molecule has 5 rings (SSSR count). The fraction of sp³-hybridized carbons (Fsp3) is 0.0952. The summed E-state index contributed by atoms with van der Waals surface area (Å²) in [7, 11) is 0. The van der Waals surface area contributed by atoms with Gasteiger partial charge >= 0.3 is 0 Å². The summed E-state index contributed by atoms with van der Waals surface area (Å²) in [5, 5.41) is 15.7. The largest absolute Gasteiger partial charge is 0.309 e. The molecule has 31 heavy (non-hydrogen) atoms. The first-order valence-electron chi connectivity index (χ1n) is 9.37. The molecule has 0 aliphatic heterocycles. The van der Waals surface area contributed by atoms with E-state index in [1.54, 1.807) is 4.68 Å². The molecule has 0 saturated heterocycles. The van der Waals surface area contributed by atoms with Gasteiger partial charge in [-0.2, -0.15) is 0 Å². The smallest absolute Gasteiger partial charge is 0.260 e. The third-order valence-corrected chi connectivity index (χ3v) is 6.84. The second-order valence-corrected chi connectivity index (χ2v) is 8.92. The Balaban J connectivity index is 1.39. The molecular weight excluding hydrogens is 452 g/mol. The van der Waals surface area contributed by atoms with Gasteiger partial charge in [-0.05, 0) is 22.1 Å². The molecule has 0 bridgehead atoms. The number of halogens is 1. The van der Waals surface area contributed by atoms with E-state index in [1.807, 2.05) is 60.0 Å². The second kappa shape index (κ2) is 8.62. The van der Waals surface area contributed by atoms with Crippen molar-refractivity contribution in [3.8, 4) is 11.1 Å². The van der Waals surface area contributed by atoms with Crippen LogP contribution in [0, 0.1) is 0 Å². The van der Waals surface area contributed by atoms with Crippen molar-refractivity contribution in [2.24, 2.45) is 0 Å². The van der Waals surface area contributed by atoms with Gasteiger partial charge in [-0.15, -0.1) is 16.4 Å². The molecular formula is C21H15ClN6OS2. The molecule has 7 nitrogen and oxygen atoms in total. The van der Waals surface area contributed by atoms with E-state index >= 15 is 0 Å². The van der Waals surface area contributed by atoms with E-state index in [-0.39, 0.29) is 5.56 Å². The highest BCUT2D eigenvalue weighted by Crippen LogP contribution is 2.35. The van der Waals surface area contributed by atoms with Gasteiger partial charge in [-0.25, -0.2) is 9.67 Å². The molecule has 10 heteroatoms. The number of nitrogens with one attached hydrogen (secondary N) is 1. The summed E-state index contributed by atoms with van der Waals surface area (Å²) in [6.07, 6.45) is 0. The molecule has 0 spiro atoms. The predicted molar refractivity (Wildman–Crippen MR) is 124 cm³/mol. The van der Waals surface area contributed by atoms with Crippen LogP contribution >= 0.6 is 34.7 Å². The lowest BCUT2D eigenvalue weighted by Gasteiger charge is -2.05. The summed E-state index contributed by atoms with van der Waals surface area (Å²) in [6, 6.07) is 17.5. The number of thioether (sulfide) groups is 1. The molecule has 0 unspecified atom stereocenters. The molecule has 2 aromatic carbocycles. The summed E-state index contributed by atoms with van der Waals surface area (Å²) >= 11 is 9.18. The molecule has 3 aromatic heterocycles. The molecule has 154 valence electrons. The monoisotopic (exact) mass is 466 g/mol. The number of H-pyrrole nitrogens is 1. The number of tetrazole rings is 1. The van der Waals surface area contributed by atoms with Crippen molar-refractivity contribution in [1.82, 2.24) is 30.2 Å². The van der Waals surface area contributed by atoms with Crippen LogP contribution in [0.3, 0.4) is 0 Å². The maximum atomic E-state index is 12.8. The number of hydrogen-bond donors (Lipinski definition) is 1. The Hall–Kier alpha value is -3.01. The summed E-state index contributed by atoms with van der Waals surface area (Å²) < 4.78 is 1.73. The Labute approximate surface area is 190 Å². The highest BCUT2D eigenvalue weighted by atomic mass is 35.5. The van der Waals surface area contributed by atoms with E-state index in [1.165, 1.54) is 23.1 Å². The molecule has 0 radical (unpaired) electrons. The lowest BCUT2D eigenvalue weighted by Crippen LogP contribution is -2.11. The van der Waals surface area contributed by atoms with Crippen molar-refractivity contribution in [2.75, 3.05) is 0 Å². The maximum Gasteiger partial charge on any atom is 0.260 e. The average Bonchev–Trinajstić information content (AvgIpc) is 3.40. The highest BCUT2D eigenvalue weighted by molar-refractivity contribution is 7.98. The molecule has 0 aliphatic carbocycles. The topological polar surface area (TPSA) is 89.4 Å². The van der Waals surface area contributed by atoms with Crippen molar-refractivity contribution >= 4 is 44.9 Å². The van der Waals surface area contributed by atoms with Crippen molar-refractivity contribution in [3.63, 3.8) is 0 Å². The van der Waals surface area contributed by atoms with Crippen LogP contribution in [0.1, 0.15) is 11.4 Å². The first-order valence-corrected chi connectivity index (χ1v) is 11.6. The van der Waals surface area contributed by atoms with Gasteiger partial charge in [0, 0.05) is 21.5 Å². The number of aromatic nitrogens is 6. The molecule has 1 N–H and O–H groups in total. The Bertz CT molecular complexity index is 1410. The summed E-state index contributed by atoms with van der Waals surface area (Å²) in [6.45, 7) is 0.575. The lowest BCUT2D eigenvalue weighted by atomic mass is 10.1. The van der Waals surface area contributed by atoms with Gasteiger partial charge in [-0.1, -0.05) is 71.9 Å². The van der Waals surface area contributed by atoms with Gasteiger partial charge in [-0.3, -0.25) is 4.79 Å². The normalized spacial score (nSPS) is 11.3. The quantitative estimate of drug-likeness (QED) is 0.367. The zero-order valence-electron chi connectivity index (χ0n) is 16.0. The number of thiophene rings is 1. The van der Waals surface area contributed by atoms with Crippen LogP contribution in [0.25, 0.3) is 21.3 Å². The summed E-state index contributed by atoms with van der Waals surface area (Å²) in [5.41, 5.74) is 2.55. The van der Waals surface area contributed by atoms with E-state index in [0.29, 0.717) is 38.5 Å². The number of benzene rings is 2. The Morgan fingerprint density at radius 2 is 1.87 bits per heavy atom. The zero-order chi connectivity index (χ0) is 21.2. The molecule has 3 heterocycles. The van der Waals surface area contributed by atoms with E-state index in [4.69, 9.17) is 11.6 Å². The maximum absolute atomic E-state index is 12.8.